The van der Waals surface area contributed by atoms with Gasteiger partial charge in [-0.2, -0.15) is 20.1 Å². The predicted octanol–water partition coefficient (Wildman–Crippen LogP) is 2.01. The molecule has 3 N–H and O–H groups in total. The smallest absolute Gasteiger partial charge is 0.256 e. The normalized spacial score (nSPS) is 22.2. The Morgan fingerprint density at radius 1 is 1.33 bits per heavy atom. The van der Waals surface area contributed by atoms with E-state index in [9.17, 15) is 0 Å². The highest BCUT2D eigenvalue weighted by Crippen LogP contribution is 2.34. The van der Waals surface area contributed by atoms with Crippen LogP contribution in [-0.2, 0) is 0 Å². The van der Waals surface area contributed by atoms with Crippen LogP contribution in [-0.4, -0.2) is 30.0 Å². The summed E-state index contributed by atoms with van der Waals surface area (Å²) in [6, 6.07) is 1.83. The largest absolute Gasteiger partial charge is 0.292 e. The van der Waals surface area contributed by atoms with Crippen LogP contribution in [0.2, 0.25) is 0 Å². The Kier molecular flexibility index (Phi) is 4.35. The molecule has 0 saturated heterocycles. The van der Waals surface area contributed by atoms with Gasteiger partial charge in [-0.3, -0.25) is 5.43 Å². The topological polar surface area (TPSA) is 94.5 Å². The minimum atomic E-state index is 0.363. The zero-order valence-corrected chi connectivity index (χ0v) is 12.8. The third kappa shape index (κ3) is 3.51. The van der Waals surface area contributed by atoms with Crippen molar-refractivity contribution in [2.45, 2.75) is 43.0 Å². The first-order chi connectivity index (χ1) is 10.2. The predicted molar refractivity (Wildman–Crippen MR) is 82.0 cm³/mol. The van der Waals surface area contributed by atoms with Crippen molar-refractivity contribution in [3.05, 3.63) is 18.5 Å². The Labute approximate surface area is 127 Å². The maximum absolute atomic E-state index is 5.45. The average Bonchev–Trinajstić information content (AvgIpc) is 3.01. The molecular formula is C13H19N7S. The van der Waals surface area contributed by atoms with Crippen LogP contribution in [0.3, 0.4) is 0 Å². The van der Waals surface area contributed by atoms with Crippen LogP contribution < -0.4 is 11.3 Å². The van der Waals surface area contributed by atoms with Gasteiger partial charge in [-0.25, -0.2) is 10.5 Å². The third-order valence-corrected chi connectivity index (χ3v) is 4.76. The number of nitrogens with zero attached hydrogens (tertiary/aromatic N) is 5. The highest BCUT2D eigenvalue weighted by Gasteiger charge is 2.21. The number of aromatic nitrogens is 5. The van der Waals surface area contributed by atoms with Gasteiger partial charge in [-0.05, 0) is 24.8 Å². The minimum Gasteiger partial charge on any atom is -0.292 e. The molecule has 2 heterocycles. The van der Waals surface area contributed by atoms with Crippen molar-refractivity contribution >= 4 is 17.7 Å². The first-order valence-electron chi connectivity index (χ1n) is 7.14. The number of nitrogens with one attached hydrogen (secondary N) is 1. The van der Waals surface area contributed by atoms with Gasteiger partial charge >= 0.3 is 0 Å². The van der Waals surface area contributed by atoms with Crippen molar-refractivity contribution in [2.75, 3.05) is 5.43 Å². The Morgan fingerprint density at radius 3 is 2.95 bits per heavy atom. The van der Waals surface area contributed by atoms with Crippen LogP contribution in [0.5, 0.6) is 0 Å². The SMILES string of the molecule is CC1CCCC(Sc2nc(NN)nc(-n3cccn3)n2)C1. The fourth-order valence-electron chi connectivity index (χ4n) is 2.59. The standard InChI is InChI=1S/C13H19N7S/c1-9-4-2-5-10(8-9)21-13-17-11(19-14)16-12(18-13)20-7-3-6-15-20/h3,6-7,9-10H,2,4-5,8,14H2,1H3,(H,16,17,18,19). The number of anilines is 1. The van der Waals surface area contributed by atoms with Crippen molar-refractivity contribution in [3.8, 4) is 5.95 Å². The summed E-state index contributed by atoms with van der Waals surface area (Å²) >= 11 is 1.71. The van der Waals surface area contributed by atoms with E-state index in [0.717, 1.165) is 5.92 Å². The molecule has 0 bridgehead atoms. The molecule has 2 unspecified atom stereocenters. The lowest BCUT2D eigenvalue weighted by molar-refractivity contribution is 0.394. The van der Waals surface area contributed by atoms with Gasteiger partial charge in [0, 0.05) is 17.6 Å². The third-order valence-electron chi connectivity index (χ3n) is 3.60. The number of rotatable bonds is 4. The van der Waals surface area contributed by atoms with Gasteiger partial charge in [0.1, 0.15) is 0 Å². The lowest BCUT2D eigenvalue weighted by atomic mass is 9.91. The molecule has 1 aliphatic carbocycles. The molecule has 112 valence electrons. The van der Waals surface area contributed by atoms with Crippen LogP contribution in [0, 0.1) is 5.92 Å². The number of hydrogen-bond donors (Lipinski definition) is 2. The van der Waals surface area contributed by atoms with Crippen molar-refractivity contribution in [1.82, 2.24) is 24.7 Å². The van der Waals surface area contributed by atoms with E-state index in [2.05, 4.69) is 32.4 Å². The maximum atomic E-state index is 5.45. The number of hydrogen-bond acceptors (Lipinski definition) is 7. The summed E-state index contributed by atoms with van der Waals surface area (Å²) in [4.78, 5) is 13.1. The van der Waals surface area contributed by atoms with Gasteiger partial charge in [0.15, 0.2) is 5.16 Å². The van der Waals surface area contributed by atoms with E-state index in [1.54, 1.807) is 28.8 Å². The molecule has 0 aromatic carbocycles. The molecule has 2 aromatic rings. The first-order valence-corrected chi connectivity index (χ1v) is 8.02. The van der Waals surface area contributed by atoms with Gasteiger partial charge in [0.05, 0.1) is 0 Å². The van der Waals surface area contributed by atoms with Crippen LogP contribution in [0.1, 0.15) is 32.6 Å². The van der Waals surface area contributed by atoms with Crippen molar-refractivity contribution in [1.29, 1.82) is 0 Å². The Morgan fingerprint density at radius 2 is 2.24 bits per heavy atom. The molecule has 1 aliphatic rings. The van der Waals surface area contributed by atoms with Crippen LogP contribution in [0.4, 0.5) is 5.95 Å². The fourth-order valence-corrected chi connectivity index (χ4v) is 3.87. The van der Waals surface area contributed by atoms with Crippen LogP contribution >= 0.6 is 11.8 Å². The molecule has 0 radical (unpaired) electrons. The van der Waals surface area contributed by atoms with E-state index in [-0.39, 0.29) is 0 Å². The molecule has 1 fully saturated rings. The lowest BCUT2D eigenvalue weighted by Gasteiger charge is -2.25. The van der Waals surface area contributed by atoms with Crippen LogP contribution in [0.15, 0.2) is 23.6 Å². The van der Waals surface area contributed by atoms with Crippen molar-refractivity contribution < 1.29 is 0 Å². The molecule has 7 nitrogen and oxygen atoms in total. The summed E-state index contributed by atoms with van der Waals surface area (Å²) in [5.41, 5.74) is 2.50. The van der Waals surface area contributed by atoms with Crippen molar-refractivity contribution in [3.63, 3.8) is 0 Å². The van der Waals surface area contributed by atoms with Gasteiger partial charge in [0.2, 0.25) is 5.95 Å². The Balaban J connectivity index is 1.82. The quantitative estimate of drug-likeness (QED) is 0.659. The van der Waals surface area contributed by atoms with Gasteiger partial charge in [0.25, 0.3) is 5.95 Å². The second kappa shape index (κ2) is 6.40. The number of thioether (sulfide) groups is 1. The Bertz CT molecular complexity index is 586. The molecule has 21 heavy (non-hydrogen) atoms. The molecule has 0 amide bonds. The Hall–Kier alpha value is -1.67. The summed E-state index contributed by atoms with van der Waals surface area (Å²) in [6.07, 6.45) is 8.50. The molecule has 0 aliphatic heterocycles. The second-order valence-electron chi connectivity index (χ2n) is 5.35. The molecule has 2 atom stereocenters. The highest BCUT2D eigenvalue weighted by atomic mass is 32.2. The maximum Gasteiger partial charge on any atom is 0.256 e. The molecule has 8 heteroatoms. The van der Waals surface area contributed by atoms with E-state index < -0.39 is 0 Å². The lowest BCUT2D eigenvalue weighted by Crippen LogP contribution is -2.17. The zero-order chi connectivity index (χ0) is 14.7. The highest BCUT2D eigenvalue weighted by molar-refractivity contribution is 7.99. The molecule has 3 rings (SSSR count). The summed E-state index contributed by atoms with van der Waals surface area (Å²) < 4.78 is 1.61. The number of nitrogens with two attached hydrogens (primary N) is 1. The van der Waals surface area contributed by atoms with E-state index in [0.29, 0.717) is 22.3 Å². The number of nitrogen functional groups attached to an aromatic ring is 1. The van der Waals surface area contributed by atoms with E-state index >= 15 is 0 Å². The molecule has 2 aromatic heterocycles. The minimum absolute atomic E-state index is 0.363. The number of hydrazine groups is 1. The monoisotopic (exact) mass is 305 g/mol. The summed E-state index contributed by atoms with van der Waals surface area (Å²) in [5, 5.41) is 5.41. The summed E-state index contributed by atoms with van der Waals surface area (Å²) in [7, 11) is 0. The van der Waals surface area contributed by atoms with Crippen LogP contribution in [0.25, 0.3) is 5.95 Å². The molecule has 0 spiro atoms. The van der Waals surface area contributed by atoms with Gasteiger partial charge in [-0.1, -0.05) is 31.5 Å². The van der Waals surface area contributed by atoms with E-state index in [1.165, 1.54) is 25.7 Å². The first kappa shape index (κ1) is 14.3. The summed E-state index contributed by atoms with van der Waals surface area (Å²) in [6.45, 7) is 2.31. The average molecular weight is 305 g/mol. The van der Waals surface area contributed by atoms with E-state index in [1.807, 2.05) is 6.07 Å². The molecule has 1 saturated carbocycles. The van der Waals surface area contributed by atoms with Gasteiger partial charge in [-0.15, -0.1) is 0 Å². The van der Waals surface area contributed by atoms with E-state index in [4.69, 9.17) is 5.84 Å². The van der Waals surface area contributed by atoms with Gasteiger partial charge < -0.3 is 0 Å². The van der Waals surface area contributed by atoms with Crippen molar-refractivity contribution in [2.24, 2.45) is 11.8 Å². The summed E-state index contributed by atoms with van der Waals surface area (Å²) in [5.74, 6) is 7.07. The molecular weight excluding hydrogens is 286 g/mol. The second-order valence-corrected chi connectivity index (χ2v) is 6.62. The zero-order valence-electron chi connectivity index (χ0n) is 11.9. The fraction of sp³-hybridized carbons (Fsp3) is 0.538.